The van der Waals surface area contributed by atoms with E-state index in [4.69, 9.17) is 22.9 Å². The highest BCUT2D eigenvalue weighted by Gasteiger charge is 2.28. The van der Waals surface area contributed by atoms with Gasteiger partial charge in [0.15, 0.2) is 0 Å². The molecular formula is C15H31ClN10. The van der Waals surface area contributed by atoms with E-state index in [9.17, 15) is 0 Å². The van der Waals surface area contributed by atoms with Crippen molar-refractivity contribution in [1.29, 1.82) is 0 Å². The highest BCUT2D eigenvalue weighted by molar-refractivity contribution is 5.85. The van der Waals surface area contributed by atoms with E-state index in [0.29, 0.717) is 44.0 Å². The third-order valence-electron chi connectivity index (χ3n) is 4.60. The van der Waals surface area contributed by atoms with E-state index >= 15 is 0 Å². The van der Waals surface area contributed by atoms with E-state index in [2.05, 4.69) is 15.0 Å². The number of nitrogens with two attached hydrogens (primary N) is 4. The Labute approximate surface area is 160 Å². The van der Waals surface area contributed by atoms with Crippen molar-refractivity contribution in [2.75, 3.05) is 55.0 Å². The molecule has 148 valence electrons. The molecule has 3 rings (SSSR count). The van der Waals surface area contributed by atoms with Gasteiger partial charge < -0.3 is 37.6 Å². The Kier molecular flexibility index (Phi) is 6.80. The fourth-order valence-electron chi connectivity index (χ4n) is 3.51. The zero-order valence-electron chi connectivity index (χ0n) is 15.5. The number of piperidine rings is 2. The zero-order chi connectivity index (χ0) is 18.1. The van der Waals surface area contributed by atoms with Crippen LogP contribution in [0.15, 0.2) is 0 Å². The van der Waals surface area contributed by atoms with Gasteiger partial charge in [-0.1, -0.05) is 0 Å². The first kappa shape index (κ1) is 20.8. The maximum Gasteiger partial charge on any atom is 0.232 e. The molecule has 1 aromatic heterocycles. The number of hydrogen-bond donors (Lipinski definition) is 4. The molecule has 0 radical (unpaired) electrons. The van der Waals surface area contributed by atoms with Crippen molar-refractivity contribution in [3.8, 4) is 0 Å². The highest BCUT2D eigenvalue weighted by Crippen LogP contribution is 2.22. The van der Waals surface area contributed by atoms with Gasteiger partial charge in [-0.15, -0.1) is 12.4 Å². The molecule has 26 heavy (non-hydrogen) atoms. The van der Waals surface area contributed by atoms with Gasteiger partial charge in [0.05, 0.1) is 0 Å². The van der Waals surface area contributed by atoms with Gasteiger partial charge in [0.2, 0.25) is 17.8 Å². The summed E-state index contributed by atoms with van der Waals surface area (Å²) in [5.41, 5.74) is 24.5. The molecule has 0 spiro atoms. The number of nitrogens with zero attached hydrogens (tertiary/aromatic N) is 6. The smallest absolute Gasteiger partial charge is 0.232 e. The Hall–Kier alpha value is -1.46. The number of rotatable bonds is 3. The van der Waals surface area contributed by atoms with Crippen LogP contribution in [0.4, 0.5) is 17.8 Å². The van der Waals surface area contributed by atoms with Crippen LogP contribution in [0, 0.1) is 0 Å². The third kappa shape index (κ3) is 4.83. The molecule has 2 aliphatic heterocycles. The third-order valence-corrected chi connectivity index (χ3v) is 4.60. The van der Waals surface area contributed by atoms with Crippen LogP contribution < -0.4 is 37.6 Å². The van der Waals surface area contributed by atoms with E-state index in [1.807, 2.05) is 28.8 Å². The lowest BCUT2D eigenvalue weighted by Gasteiger charge is -2.37. The van der Waals surface area contributed by atoms with Gasteiger partial charge in [0.1, 0.15) is 0 Å². The van der Waals surface area contributed by atoms with Crippen molar-refractivity contribution in [3.63, 3.8) is 0 Å². The van der Waals surface area contributed by atoms with Crippen LogP contribution in [0.5, 0.6) is 0 Å². The fourth-order valence-corrected chi connectivity index (χ4v) is 3.51. The maximum atomic E-state index is 6.12. The quantitative estimate of drug-likeness (QED) is 0.462. The second kappa shape index (κ2) is 8.49. The SMILES string of the molecule is CN(C)c1nc(N2C[C@H](N)C[C@H](N)C2)nc(N2C[C@H](N)C[C@H](N)C2)n1.Cl. The first-order chi connectivity index (χ1) is 11.8. The van der Waals surface area contributed by atoms with Gasteiger partial charge in [-0.2, -0.15) is 15.0 Å². The van der Waals surface area contributed by atoms with E-state index in [0.717, 1.165) is 12.8 Å². The van der Waals surface area contributed by atoms with Crippen molar-refractivity contribution in [3.05, 3.63) is 0 Å². The Morgan fingerprint density at radius 3 is 1.38 bits per heavy atom. The number of halogens is 1. The van der Waals surface area contributed by atoms with E-state index in [-0.39, 0.29) is 36.6 Å². The summed E-state index contributed by atoms with van der Waals surface area (Å²) in [6, 6.07) is 0.0689. The summed E-state index contributed by atoms with van der Waals surface area (Å²) in [7, 11) is 3.81. The van der Waals surface area contributed by atoms with Gasteiger partial charge in [0, 0.05) is 64.4 Å². The fraction of sp³-hybridized carbons (Fsp3) is 0.800. The summed E-state index contributed by atoms with van der Waals surface area (Å²) >= 11 is 0. The van der Waals surface area contributed by atoms with E-state index in [1.54, 1.807) is 0 Å². The molecule has 8 N–H and O–H groups in total. The first-order valence-electron chi connectivity index (χ1n) is 8.77. The monoisotopic (exact) mass is 386 g/mol. The largest absolute Gasteiger partial charge is 0.347 e. The minimum Gasteiger partial charge on any atom is -0.347 e. The van der Waals surface area contributed by atoms with Gasteiger partial charge in [-0.25, -0.2) is 0 Å². The van der Waals surface area contributed by atoms with Crippen LogP contribution in [0.25, 0.3) is 0 Å². The van der Waals surface area contributed by atoms with Gasteiger partial charge >= 0.3 is 0 Å². The van der Waals surface area contributed by atoms with Gasteiger partial charge in [-0.3, -0.25) is 0 Å². The Bertz CT molecular complexity index is 536. The summed E-state index contributed by atoms with van der Waals surface area (Å²) in [4.78, 5) is 19.8. The van der Waals surface area contributed by atoms with Gasteiger partial charge in [0.25, 0.3) is 0 Å². The Morgan fingerprint density at radius 1 is 0.731 bits per heavy atom. The minimum atomic E-state index is 0. The summed E-state index contributed by atoms with van der Waals surface area (Å²) in [5.74, 6) is 1.81. The van der Waals surface area contributed by atoms with Gasteiger partial charge in [-0.05, 0) is 12.8 Å². The van der Waals surface area contributed by atoms with Crippen molar-refractivity contribution >= 4 is 30.3 Å². The molecule has 2 aliphatic rings. The summed E-state index contributed by atoms with van der Waals surface area (Å²) in [5, 5.41) is 0. The van der Waals surface area contributed by atoms with E-state index in [1.165, 1.54) is 0 Å². The summed E-state index contributed by atoms with van der Waals surface area (Å²) in [6.45, 7) is 2.73. The normalized spacial score (nSPS) is 29.3. The van der Waals surface area contributed by atoms with Crippen molar-refractivity contribution in [1.82, 2.24) is 15.0 Å². The van der Waals surface area contributed by atoms with Crippen LogP contribution in [0.2, 0.25) is 0 Å². The summed E-state index contributed by atoms with van der Waals surface area (Å²) in [6.07, 6.45) is 1.62. The van der Waals surface area contributed by atoms with Crippen LogP contribution in [-0.2, 0) is 0 Å². The minimum absolute atomic E-state index is 0. The standard InChI is InChI=1S/C15H30N10.ClH/c1-23(2)13-20-14(24-5-9(16)3-10(17)6-24)22-15(21-13)25-7-11(18)4-12(19)8-25;/h9-12H,3-8,16-19H2,1-2H3;1H/t9-,10+,11-,12+;. The molecule has 11 heteroatoms. The second-order valence-electron chi connectivity index (χ2n) is 7.45. The molecule has 0 aliphatic carbocycles. The number of hydrogen-bond acceptors (Lipinski definition) is 10. The molecule has 0 bridgehead atoms. The maximum absolute atomic E-state index is 6.12. The Balaban J connectivity index is 0.00000243. The molecule has 1 aromatic rings. The first-order valence-corrected chi connectivity index (χ1v) is 8.77. The molecule has 0 aromatic carbocycles. The Morgan fingerprint density at radius 2 is 1.08 bits per heavy atom. The molecule has 0 unspecified atom stereocenters. The lowest BCUT2D eigenvalue weighted by atomic mass is 10.0. The molecule has 2 fully saturated rings. The topological polar surface area (TPSA) is 152 Å². The van der Waals surface area contributed by atoms with Crippen LogP contribution in [0.1, 0.15) is 12.8 Å². The highest BCUT2D eigenvalue weighted by atomic mass is 35.5. The molecular weight excluding hydrogens is 356 g/mol. The van der Waals surface area contributed by atoms with Crippen LogP contribution in [0.3, 0.4) is 0 Å². The van der Waals surface area contributed by atoms with Crippen molar-refractivity contribution in [2.24, 2.45) is 22.9 Å². The van der Waals surface area contributed by atoms with Crippen molar-refractivity contribution in [2.45, 2.75) is 37.0 Å². The molecule has 0 amide bonds. The van der Waals surface area contributed by atoms with Crippen molar-refractivity contribution < 1.29 is 0 Å². The average molecular weight is 387 g/mol. The summed E-state index contributed by atoms with van der Waals surface area (Å²) < 4.78 is 0. The predicted octanol–water partition coefficient (Wildman–Crippen LogP) is -1.91. The second-order valence-corrected chi connectivity index (χ2v) is 7.45. The molecule has 2 saturated heterocycles. The molecule has 4 atom stereocenters. The predicted molar refractivity (Wildman–Crippen MR) is 107 cm³/mol. The zero-order valence-corrected chi connectivity index (χ0v) is 16.3. The molecule has 3 heterocycles. The number of anilines is 3. The number of aromatic nitrogens is 3. The van der Waals surface area contributed by atoms with Crippen LogP contribution in [-0.4, -0.2) is 79.4 Å². The lowest BCUT2D eigenvalue weighted by molar-refractivity contribution is 0.441. The van der Waals surface area contributed by atoms with E-state index < -0.39 is 0 Å². The lowest BCUT2D eigenvalue weighted by Crippen LogP contribution is -2.54. The molecule has 10 nitrogen and oxygen atoms in total. The average Bonchev–Trinajstić information content (AvgIpc) is 2.52. The molecule has 0 saturated carbocycles. The van der Waals surface area contributed by atoms with Crippen LogP contribution >= 0.6 is 12.4 Å².